The van der Waals surface area contributed by atoms with Crippen molar-refractivity contribution in [1.29, 1.82) is 0 Å². The first-order chi connectivity index (χ1) is 8.00. The van der Waals surface area contributed by atoms with Crippen molar-refractivity contribution in [3.05, 3.63) is 35.4 Å². The van der Waals surface area contributed by atoms with Crippen molar-refractivity contribution in [1.82, 2.24) is 0 Å². The van der Waals surface area contributed by atoms with Gasteiger partial charge in [0.1, 0.15) is 0 Å². The van der Waals surface area contributed by atoms with E-state index in [1.807, 2.05) is 0 Å². The molecule has 0 aliphatic heterocycles. The van der Waals surface area contributed by atoms with Crippen LogP contribution in [-0.4, -0.2) is 19.3 Å². The van der Waals surface area contributed by atoms with Crippen LogP contribution < -0.4 is 5.73 Å². The van der Waals surface area contributed by atoms with Gasteiger partial charge in [0.2, 0.25) is 0 Å². The van der Waals surface area contributed by atoms with Gasteiger partial charge in [0.25, 0.3) is 0 Å². The molecule has 0 amide bonds. The Morgan fingerprint density at radius 3 is 2.24 bits per heavy atom. The van der Waals surface area contributed by atoms with Gasteiger partial charge in [-0.15, -0.1) is 0 Å². The molecule has 0 saturated carbocycles. The van der Waals surface area contributed by atoms with Gasteiger partial charge >= 0.3 is 0 Å². The molecule has 17 heavy (non-hydrogen) atoms. The summed E-state index contributed by atoms with van der Waals surface area (Å²) < 4.78 is 5.21. The molecule has 1 aromatic carbocycles. The van der Waals surface area contributed by atoms with Crippen LogP contribution >= 0.6 is 0 Å². The summed E-state index contributed by atoms with van der Waals surface area (Å²) in [5.41, 5.74) is 8.73. The van der Waals surface area contributed by atoms with Gasteiger partial charge in [-0.2, -0.15) is 0 Å². The summed E-state index contributed by atoms with van der Waals surface area (Å²) >= 11 is 0. The fourth-order valence-corrected chi connectivity index (χ4v) is 1.99. The van der Waals surface area contributed by atoms with E-state index in [1.54, 1.807) is 7.11 Å². The first-order valence-corrected chi connectivity index (χ1v) is 6.37. The molecule has 1 aromatic rings. The molecule has 0 aliphatic rings. The topological polar surface area (TPSA) is 35.2 Å². The molecule has 0 spiro atoms. The molecule has 0 bridgehead atoms. The maximum Gasteiger partial charge on any atom is 0.0645 e. The molecule has 0 saturated heterocycles. The van der Waals surface area contributed by atoms with E-state index in [4.69, 9.17) is 10.5 Å². The number of rotatable bonds is 6. The summed E-state index contributed by atoms with van der Waals surface area (Å²) in [6, 6.07) is 8.76. The monoisotopic (exact) mass is 235 g/mol. The molecule has 2 nitrogen and oxygen atoms in total. The lowest BCUT2D eigenvalue weighted by atomic mass is 9.89. The third-order valence-electron chi connectivity index (χ3n) is 3.34. The van der Waals surface area contributed by atoms with Crippen molar-refractivity contribution in [2.45, 2.75) is 45.1 Å². The van der Waals surface area contributed by atoms with Gasteiger partial charge in [-0.1, -0.05) is 45.0 Å². The summed E-state index contributed by atoms with van der Waals surface area (Å²) in [4.78, 5) is 0. The van der Waals surface area contributed by atoms with Gasteiger partial charge in [-0.05, 0) is 29.9 Å². The normalized spacial score (nSPS) is 14.9. The average Bonchev–Trinajstić information content (AvgIpc) is 2.30. The Morgan fingerprint density at radius 1 is 1.24 bits per heavy atom. The fraction of sp³-hybridized carbons (Fsp3) is 0.600. The zero-order valence-electron chi connectivity index (χ0n) is 11.5. The second-order valence-corrected chi connectivity index (χ2v) is 5.22. The second kappa shape index (κ2) is 6.18. The molecule has 0 heterocycles. The number of nitrogens with two attached hydrogens (primary N) is 1. The molecular weight excluding hydrogens is 210 g/mol. The van der Waals surface area contributed by atoms with Crippen LogP contribution in [0.1, 0.15) is 44.2 Å². The lowest BCUT2D eigenvalue weighted by molar-refractivity contribution is 0.129. The van der Waals surface area contributed by atoms with Crippen LogP contribution in [0.5, 0.6) is 0 Å². The number of benzene rings is 1. The van der Waals surface area contributed by atoms with Gasteiger partial charge in [0, 0.05) is 12.6 Å². The molecule has 0 aliphatic carbocycles. The van der Waals surface area contributed by atoms with Crippen LogP contribution in [0.2, 0.25) is 0 Å². The molecule has 96 valence electrons. The molecule has 1 atom stereocenters. The number of methoxy groups -OCH3 is 1. The minimum absolute atomic E-state index is 0.242. The molecule has 0 aromatic heterocycles. The average molecular weight is 235 g/mol. The smallest absolute Gasteiger partial charge is 0.0645 e. The highest BCUT2D eigenvalue weighted by molar-refractivity contribution is 5.26. The molecule has 0 radical (unpaired) electrons. The second-order valence-electron chi connectivity index (χ2n) is 5.22. The lowest BCUT2D eigenvalue weighted by Gasteiger charge is -2.27. The van der Waals surface area contributed by atoms with Crippen molar-refractivity contribution in [3.63, 3.8) is 0 Å². The van der Waals surface area contributed by atoms with Crippen LogP contribution in [0.3, 0.4) is 0 Å². The van der Waals surface area contributed by atoms with Crippen LogP contribution in [-0.2, 0) is 11.2 Å². The van der Waals surface area contributed by atoms with Crippen LogP contribution in [0, 0.1) is 0 Å². The van der Waals surface area contributed by atoms with E-state index in [0.29, 0.717) is 12.5 Å². The largest absolute Gasteiger partial charge is 0.383 e. The molecule has 2 N–H and O–H groups in total. The Balaban J connectivity index is 2.73. The van der Waals surface area contributed by atoms with Crippen molar-refractivity contribution < 1.29 is 4.74 Å². The minimum Gasteiger partial charge on any atom is -0.383 e. The predicted molar refractivity (Wildman–Crippen MR) is 73.3 cm³/mol. The van der Waals surface area contributed by atoms with E-state index in [-0.39, 0.29) is 5.54 Å². The Kier molecular flexibility index (Phi) is 5.16. The SMILES string of the molecule is CCC(N)(COC)Cc1ccc(C(C)C)cc1. The van der Waals surface area contributed by atoms with E-state index < -0.39 is 0 Å². The summed E-state index contributed by atoms with van der Waals surface area (Å²) in [6.07, 6.45) is 1.79. The van der Waals surface area contributed by atoms with E-state index in [0.717, 1.165) is 12.8 Å². The highest BCUT2D eigenvalue weighted by Crippen LogP contribution is 2.19. The first kappa shape index (κ1) is 14.2. The van der Waals surface area contributed by atoms with Crippen molar-refractivity contribution in [2.75, 3.05) is 13.7 Å². The van der Waals surface area contributed by atoms with Crippen molar-refractivity contribution in [3.8, 4) is 0 Å². The lowest BCUT2D eigenvalue weighted by Crippen LogP contribution is -2.45. The van der Waals surface area contributed by atoms with Crippen LogP contribution in [0.4, 0.5) is 0 Å². The van der Waals surface area contributed by atoms with E-state index in [2.05, 4.69) is 45.0 Å². The number of hydrogen-bond donors (Lipinski definition) is 1. The molecule has 0 fully saturated rings. The number of ether oxygens (including phenoxy) is 1. The van der Waals surface area contributed by atoms with Crippen molar-refractivity contribution in [2.24, 2.45) is 5.73 Å². The van der Waals surface area contributed by atoms with Crippen LogP contribution in [0.25, 0.3) is 0 Å². The summed E-state index contributed by atoms with van der Waals surface area (Å²) in [6.45, 7) is 7.13. The van der Waals surface area contributed by atoms with Gasteiger partial charge < -0.3 is 10.5 Å². The van der Waals surface area contributed by atoms with Crippen LogP contribution in [0.15, 0.2) is 24.3 Å². The third kappa shape index (κ3) is 4.14. The molecular formula is C15H25NO. The quantitative estimate of drug-likeness (QED) is 0.822. The molecule has 1 unspecified atom stereocenters. The zero-order chi connectivity index (χ0) is 12.9. The zero-order valence-corrected chi connectivity index (χ0v) is 11.5. The van der Waals surface area contributed by atoms with E-state index in [1.165, 1.54) is 11.1 Å². The van der Waals surface area contributed by atoms with E-state index >= 15 is 0 Å². The Hall–Kier alpha value is -0.860. The summed E-state index contributed by atoms with van der Waals surface area (Å²) in [7, 11) is 1.71. The van der Waals surface area contributed by atoms with Gasteiger partial charge in [0.05, 0.1) is 6.61 Å². The van der Waals surface area contributed by atoms with Gasteiger partial charge in [0.15, 0.2) is 0 Å². The Bertz CT molecular complexity index is 331. The van der Waals surface area contributed by atoms with Gasteiger partial charge in [-0.25, -0.2) is 0 Å². The Morgan fingerprint density at radius 2 is 1.82 bits per heavy atom. The highest BCUT2D eigenvalue weighted by Gasteiger charge is 2.22. The standard InChI is InChI=1S/C15H25NO/c1-5-15(16,11-17-4)10-13-6-8-14(9-7-13)12(2)3/h6-9,12H,5,10-11,16H2,1-4H3. The summed E-state index contributed by atoms with van der Waals surface area (Å²) in [5.74, 6) is 0.580. The first-order valence-electron chi connectivity index (χ1n) is 6.37. The fourth-order valence-electron chi connectivity index (χ4n) is 1.99. The maximum absolute atomic E-state index is 6.31. The minimum atomic E-state index is -0.242. The Labute approximate surface area is 105 Å². The predicted octanol–water partition coefficient (Wildman–Crippen LogP) is 3.11. The highest BCUT2D eigenvalue weighted by atomic mass is 16.5. The van der Waals surface area contributed by atoms with Crippen molar-refractivity contribution >= 4 is 0 Å². The third-order valence-corrected chi connectivity index (χ3v) is 3.34. The molecule has 1 rings (SSSR count). The molecule has 2 heteroatoms. The maximum atomic E-state index is 6.31. The number of hydrogen-bond acceptors (Lipinski definition) is 2. The van der Waals surface area contributed by atoms with Gasteiger partial charge in [-0.3, -0.25) is 0 Å². The van der Waals surface area contributed by atoms with E-state index in [9.17, 15) is 0 Å². The summed E-state index contributed by atoms with van der Waals surface area (Å²) in [5, 5.41) is 0.